The lowest BCUT2D eigenvalue weighted by Crippen LogP contribution is -2.36. The number of sulfonamides is 1. The van der Waals surface area contributed by atoms with Crippen molar-refractivity contribution < 1.29 is 31.3 Å². The van der Waals surface area contributed by atoms with Crippen LogP contribution in [0.1, 0.15) is 5.56 Å². The fraction of sp³-hybridized carbons (Fsp3) is 0.188. The number of urea groups is 1. The van der Waals surface area contributed by atoms with Crippen molar-refractivity contribution in [3.63, 3.8) is 0 Å². The molecule has 0 spiro atoms. The Kier molecular flexibility index (Phi) is 6.76. The molecule has 0 atom stereocenters. The summed E-state index contributed by atoms with van der Waals surface area (Å²) in [6.07, 6.45) is -4.49. The molecule has 0 saturated heterocycles. The normalized spacial score (nSPS) is 11.7. The number of anilines is 1. The van der Waals surface area contributed by atoms with Crippen LogP contribution in [0.4, 0.5) is 29.3 Å². The minimum atomic E-state index is -4.49. The minimum Gasteiger partial charge on any atom is -0.337 e. The van der Waals surface area contributed by atoms with Gasteiger partial charge in [-0.1, -0.05) is 6.07 Å². The fourth-order valence-electron chi connectivity index (χ4n) is 2.13. The number of rotatable bonds is 7. The lowest BCUT2D eigenvalue weighted by Gasteiger charge is -2.10. The minimum absolute atomic E-state index is 0.118. The molecule has 0 bridgehead atoms. The number of non-ortho nitro benzene ring substituents is 1. The van der Waals surface area contributed by atoms with Crippen LogP contribution in [0, 0.1) is 10.1 Å². The number of hydrogen-bond acceptors (Lipinski definition) is 5. The first-order chi connectivity index (χ1) is 13.5. The molecule has 13 heteroatoms. The summed E-state index contributed by atoms with van der Waals surface area (Å²) in [7, 11) is -4.02. The Morgan fingerprint density at radius 2 is 1.72 bits per heavy atom. The largest absolute Gasteiger partial charge is 0.416 e. The first kappa shape index (κ1) is 22.1. The van der Waals surface area contributed by atoms with Gasteiger partial charge in [0.1, 0.15) is 0 Å². The van der Waals surface area contributed by atoms with Crippen molar-refractivity contribution in [3.05, 3.63) is 64.2 Å². The number of alkyl halides is 3. The van der Waals surface area contributed by atoms with Gasteiger partial charge in [0.2, 0.25) is 10.0 Å². The molecule has 2 amide bonds. The highest BCUT2D eigenvalue weighted by molar-refractivity contribution is 7.89. The summed E-state index contributed by atoms with van der Waals surface area (Å²) in [5.41, 5.74) is -1.13. The van der Waals surface area contributed by atoms with Crippen molar-refractivity contribution in [2.75, 3.05) is 18.4 Å². The Morgan fingerprint density at radius 1 is 1.07 bits per heavy atom. The van der Waals surface area contributed by atoms with Crippen molar-refractivity contribution in [2.45, 2.75) is 11.1 Å². The number of carbonyl (C=O) groups excluding carboxylic acids is 1. The predicted octanol–water partition coefficient (Wildman–Crippen LogP) is 2.71. The van der Waals surface area contributed by atoms with Crippen LogP contribution in [0.2, 0.25) is 0 Å². The van der Waals surface area contributed by atoms with Gasteiger partial charge >= 0.3 is 12.2 Å². The van der Waals surface area contributed by atoms with E-state index in [-0.39, 0.29) is 29.4 Å². The Bertz CT molecular complexity index is 994. The molecular formula is C16H15F3N4O5S. The predicted molar refractivity (Wildman–Crippen MR) is 96.8 cm³/mol. The molecule has 0 aliphatic rings. The Balaban J connectivity index is 1.83. The summed E-state index contributed by atoms with van der Waals surface area (Å²) in [5, 5.41) is 15.3. The van der Waals surface area contributed by atoms with Crippen molar-refractivity contribution in [1.29, 1.82) is 0 Å². The molecule has 0 aliphatic carbocycles. The molecule has 0 radical (unpaired) electrons. The lowest BCUT2D eigenvalue weighted by atomic mass is 10.2. The molecule has 2 aromatic carbocycles. The molecule has 3 N–H and O–H groups in total. The number of hydrogen-bond donors (Lipinski definition) is 3. The summed E-state index contributed by atoms with van der Waals surface area (Å²) in [4.78, 5) is 21.4. The van der Waals surface area contributed by atoms with Gasteiger partial charge in [0.15, 0.2) is 0 Å². The molecule has 0 aliphatic heterocycles. The van der Waals surface area contributed by atoms with Crippen LogP contribution in [0.15, 0.2) is 53.4 Å². The van der Waals surface area contributed by atoms with E-state index in [1.807, 2.05) is 0 Å². The maximum Gasteiger partial charge on any atom is 0.416 e. The third-order valence-electron chi connectivity index (χ3n) is 3.51. The van der Waals surface area contributed by atoms with Crippen LogP contribution < -0.4 is 15.4 Å². The average molecular weight is 432 g/mol. The summed E-state index contributed by atoms with van der Waals surface area (Å²) >= 11 is 0. The van der Waals surface area contributed by atoms with E-state index >= 15 is 0 Å². The highest BCUT2D eigenvalue weighted by Gasteiger charge is 2.30. The molecule has 0 unspecified atom stereocenters. The zero-order chi connectivity index (χ0) is 21.7. The van der Waals surface area contributed by atoms with E-state index in [0.29, 0.717) is 0 Å². The number of nitrogens with zero attached hydrogens (tertiary/aromatic N) is 1. The van der Waals surface area contributed by atoms with Crippen LogP contribution >= 0.6 is 0 Å². The molecule has 2 rings (SSSR count). The van der Waals surface area contributed by atoms with Gasteiger partial charge in [-0.3, -0.25) is 10.1 Å². The third-order valence-corrected chi connectivity index (χ3v) is 4.97. The van der Waals surface area contributed by atoms with E-state index in [1.165, 1.54) is 12.1 Å². The van der Waals surface area contributed by atoms with E-state index < -0.39 is 32.7 Å². The van der Waals surface area contributed by atoms with Gasteiger partial charge in [0.05, 0.1) is 15.4 Å². The second-order valence-corrected chi connectivity index (χ2v) is 7.38. The summed E-state index contributed by atoms with van der Waals surface area (Å²) in [5.74, 6) is 0. The topological polar surface area (TPSA) is 130 Å². The fourth-order valence-corrected chi connectivity index (χ4v) is 3.20. The zero-order valence-electron chi connectivity index (χ0n) is 14.6. The Hall–Kier alpha value is -3.19. The maximum atomic E-state index is 12.5. The number of nitrogens with one attached hydrogen (secondary N) is 3. The molecule has 0 aromatic heterocycles. The van der Waals surface area contributed by atoms with Crippen molar-refractivity contribution >= 4 is 27.4 Å². The SMILES string of the molecule is O=C(NCCNS(=O)(=O)c1cccc([N+](=O)[O-])c1)Nc1ccc(C(F)(F)F)cc1. The number of nitro groups is 1. The second-order valence-electron chi connectivity index (χ2n) is 5.61. The van der Waals surface area contributed by atoms with Crippen molar-refractivity contribution in [2.24, 2.45) is 0 Å². The highest BCUT2D eigenvalue weighted by atomic mass is 32.2. The smallest absolute Gasteiger partial charge is 0.337 e. The highest BCUT2D eigenvalue weighted by Crippen LogP contribution is 2.29. The maximum absolute atomic E-state index is 12.5. The third kappa shape index (κ3) is 6.43. The zero-order valence-corrected chi connectivity index (χ0v) is 15.4. The Labute approximate surface area is 163 Å². The van der Waals surface area contributed by atoms with Gasteiger partial charge in [-0.25, -0.2) is 17.9 Å². The van der Waals surface area contributed by atoms with Crippen molar-refractivity contribution in [1.82, 2.24) is 10.0 Å². The van der Waals surface area contributed by atoms with E-state index in [1.54, 1.807) is 0 Å². The summed E-state index contributed by atoms with van der Waals surface area (Å²) in [6, 6.07) is 7.47. The number of benzene rings is 2. The standard InChI is InChI=1S/C16H15F3N4O5S/c17-16(18,19)11-4-6-12(7-5-11)22-15(24)20-8-9-21-29(27,28)14-3-1-2-13(10-14)23(25)26/h1-7,10,21H,8-9H2,(H2,20,22,24). The number of amides is 2. The van der Waals surface area contributed by atoms with Crippen LogP contribution in [0.3, 0.4) is 0 Å². The van der Waals surface area contributed by atoms with E-state index in [2.05, 4.69) is 15.4 Å². The van der Waals surface area contributed by atoms with Gasteiger partial charge in [0.25, 0.3) is 5.69 Å². The molecule has 29 heavy (non-hydrogen) atoms. The Morgan fingerprint density at radius 3 is 2.31 bits per heavy atom. The summed E-state index contributed by atoms with van der Waals surface area (Å²) < 4.78 is 63.8. The second kappa shape index (κ2) is 8.87. The molecule has 9 nitrogen and oxygen atoms in total. The molecule has 2 aromatic rings. The number of halogens is 3. The molecular weight excluding hydrogens is 417 g/mol. The van der Waals surface area contributed by atoms with Crippen LogP contribution in [-0.2, 0) is 16.2 Å². The van der Waals surface area contributed by atoms with Crippen LogP contribution in [0.5, 0.6) is 0 Å². The molecule has 0 saturated carbocycles. The van der Waals surface area contributed by atoms with Gasteiger partial charge in [-0.2, -0.15) is 13.2 Å². The number of nitro benzene ring substituents is 1. The van der Waals surface area contributed by atoms with Crippen LogP contribution in [-0.4, -0.2) is 32.5 Å². The molecule has 0 heterocycles. The van der Waals surface area contributed by atoms with Crippen LogP contribution in [0.25, 0.3) is 0 Å². The van der Waals surface area contributed by atoms with Gasteiger partial charge in [-0.15, -0.1) is 0 Å². The summed E-state index contributed by atoms with van der Waals surface area (Å²) in [6.45, 7) is -0.355. The van der Waals surface area contributed by atoms with Gasteiger partial charge < -0.3 is 10.6 Å². The van der Waals surface area contributed by atoms with Crippen molar-refractivity contribution in [3.8, 4) is 0 Å². The van der Waals surface area contributed by atoms with Gasteiger partial charge in [-0.05, 0) is 30.3 Å². The monoisotopic (exact) mass is 432 g/mol. The van der Waals surface area contributed by atoms with E-state index in [4.69, 9.17) is 0 Å². The average Bonchev–Trinajstić information content (AvgIpc) is 2.65. The van der Waals surface area contributed by atoms with E-state index in [9.17, 15) is 36.5 Å². The van der Waals surface area contributed by atoms with Gasteiger partial charge in [0, 0.05) is 30.9 Å². The number of carbonyl (C=O) groups is 1. The molecule has 156 valence electrons. The quantitative estimate of drug-likeness (QED) is 0.352. The lowest BCUT2D eigenvalue weighted by molar-refractivity contribution is -0.385. The molecule has 0 fully saturated rings. The first-order valence-corrected chi connectivity index (χ1v) is 9.43. The van der Waals surface area contributed by atoms with E-state index in [0.717, 1.165) is 36.4 Å². The first-order valence-electron chi connectivity index (χ1n) is 7.95.